The van der Waals surface area contributed by atoms with Crippen molar-refractivity contribution in [1.82, 2.24) is 4.90 Å². The topological polar surface area (TPSA) is 106 Å². The number of hydrogen-bond donors (Lipinski definition) is 2. The Morgan fingerprint density at radius 3 is 2.40 bits per heavy atom. The van der Waals surface area contributed by atoms with Crippen LogP contribution in [0.2, 0.25) is 18.1 Å². The van der Waals surface area contributed by atoms with Gasteiger partial charge < -0.3 is 9.16 Å². The van der Waals surface area contributed by atoms with Crippen LogP contribution >= 0.6 is 0 Å². The van der Waals surface area contributed by atoms with Crippen molar-refractivity contribution in [3.05, 3.63) is 0 Å². The predicted molar refractivity (Wildman–Crippen MR) is 97.5 cm³/mol. The summed E-state index contributed by atoms with van der Waals surface area (Å²) in [6, 6.07) is -0.265. The van der Waals surface area contributed by atoms with Gasteiger partial charge in [-0.3, -0.25) is 20.8 Å². The van der Waals surface area contributed by atoms with Crippen molar-refractivity contribution in [2.75, 3.05) is 6.61 Å². The fraction of sp³-hybridized carbons (Fsp3) is 0.824. The molecule has 0 aromatic carbocycles. The zero-order chi connectivity index (χ0) is 19.2. The zero-order valence-electron chi connectivity index (χ0n) is 16.1. The van der Waals surface area contributed by atoms with Gasteiger partial charge >= 0.3 is 5.97 Å². The summed E-state index contributed by atoms with van der Waals surface area (Å²) in [5.74, 6) is -1.45. The van der Waals surface area contributed by atoms with E-state index in [0.717, 1.165) is 12.8 Å². The monoisotopic (exact) mass is 369 g/mol. The quantitative estimate of drug-likeness (QED) is 0.260. The predicted octanol–water partition coefficient (Wildman–Crippen LogP) is 2.21. The first-order chi connectivity index (χ1) is 11.3. The van der Waals surface area contributed by atoms with E-state index in [1.807, 2.05) is 13.1 Å². The summed E-state index contributed by atoms with van der Waals surface area (Å²) in [5, 5.41) is 8.04. The van der Waals surface area contributed by atoms with Gasteiger partial charge in [0.1, 0.15) is 0 Å². The summed E-state index contributed by atoms with van der Waals surface area (Å²) in [7, 11) is -2.29. The summed E-state index contributed by atoms with van der Waals surface area (Å²) in [6.07, 6.45) is 2.26. The third-order valence-electron chi connectivity index (χ3n) is 5.54. The van der Waals surface area contributed by atoms with Crippen LogP contribution in [0.4, 0.5) is 0 Å². The Kier molecular flexibility index (Phi) is 5.20. The first kappa shape index (κ1) is 20.1. The highest BCUT2D eigenvalue weighted by Gasteiger charge is 2.59. The van der Waals surface area contributed by atoms with Gasteiger partial charge in [0.2, 0.25) is 5.84 Å². The van der Waals surface area contributed by atoms with Gasteiger partial charge in [0.25, 0.3) is 5.91 Å². The van der Waals surface area contributed by atoms with Crippen molar-refractivity contribution in [2.45, 2.75) is 76.9 Å². The van der Waals surface area contributed by atoms with E-state index in [1.54, 1.807) is 6.92 Å². The summed E-state index contributed by atoms with van der Waals surface area (Å²) in [6.45, 7) is 12.2. The molecule has 1 amide bonds. The normalized spacial score (nSPS) is 27.6. The van der Waals surface area contributed by atoms with E-state index in [4.69, 9.17) is 20.3 Å². The molecule has 3 N–H and O–H groups in total. The van der Waals surface area contributed by atoms with Crippen LogP contribution in [0.1, 0.15) is 47.0 Å². The lowest BCUT2D eigenvalue weighted by Crippen LogP contribution is -2.59. The Bertz CT molecular complexity index is 583. The van der Waals surface area contributed by atoms with Gasteiger partial charge in [-0.1, -0.05) is 20.8 Å². The van der Waals surface area contributed by atoms with Gasteiger partial charge in [0, 0.05) is 12.5 Å². The van der Waals surface area contributed by atoms with Crippen molar-refractivity contribution in [3.8, 4) is 0 Å². The molecule has 0 spiro atoms. The standard InChI is InChI=1S/C17H31N3O4Si/c1-7-23-14(21)13(18)20-12(11-8-9-11)10-17(19,15(20)22)24-25(5,6)16(2,3)4/h11-12,18H,7-10,19H2,1-6H3. The highest BCUT2D eigenvalue weighted by Crippen LogP contribution is 2.46. The number of carbonyl (C=O) groups is 2. The number of nitrogens with one attached hydrogen (secondary N) is 1. The number of hydrogen-bond acceptors (Lipinski definition) is 6. The maximum Gasteiger partial charge on any atom is 0.374 e. The number of rotatable bonds is 4. The smallest absolute Gasteiger partial charge is 0.374 e. The van der Waals surface area contributed by atoms with Gasteiger partial charge in [-0.25, -0.2) is 4.79 Å². The Morgan fingerprint density at radius 1 is 1.40 bits per heavy atom. The molecule has 1 saturated carbocycles. The number of amidine groups is 1. The Balaban J connectivity index is 2.29. The number of esters is 1. The van der Waals surface area contributed by atoms with Gasteiger partial charge in [0.15, 0.2) is 14.0 Å². The molecule has 7 nitrogen and oxygen atoms in total. The second-order valence-electron chi connectivity index (χ2n) is 8.60. The minimum Gasteiger partial charge on any atom is -0.460 e. The van der Waals surface area contributed by atoms with Crippen LogP contribution in [-0.2, 0) is 18.8 Å². The van der Waals surface area contributed by atoms with E-state index in [0.29, 0.717) is 6.42 Å². The van der Waals surface area contributed by atoms with Gasteiger partial charge in [-0.05, 0) is 43.8 Å². The van der Waals surface area contributed by atoms with Crippen molar-refractivity contribution in [1.29, 1.82) is 5.41 Å². The molecule has 25 heavy (non-hydrogen) atoms. The van der Waals surface area contributed by atoms with Crippen molar-refractivity contribution in [2.24, 2.45) is 11.7 Å². The van der Waals surface area contributed by atoms with Crippen molar-refractivity contribution < 1.29 is 18.8 Å². The minimum absolute atomic E-state index is 0.100. The average Bonchev–Trinajstić information content (AvgIpc) is 3.25. The number of likely N-dealkylation sites (tertiary alicyclic amines) is 1. The number of carbonyl (C=O) groups excluding carboxylic acids is 2. The minimum atomic E-state index is -2.29. The Hall–Kier alpha value is -1.25. The molecule has 2 atom stereocenters. The van der Waals surface area contributed by atoms with E-state index >= 15 is 0 Å². The van der Waals surface area contributed by atoms with E-state index in [1.165, 1.54) is 4.90 Å². The van der Waals surface area contributed by atoms with Crippen LogP contribution in [0.5, 0.6) is 0 Å². The van der Waals surface area contributed by atoms with Gasteiger partial charge in [-0.2, -0.15) is 0 Å². The molecule has 142 valence electrons. The summed E-state index contributed by atoms with van der Waals surface area (Å²) in [4.78, 5) is 26.3. The van der Waals surface area contributed by atoms with Crippen LogP contribution in [0.25, 0.3) is 0 Å². The number of amides is 1. The largest absolute Gasteiger partial charge is 0.460 e. The third-order valence-corrected chi connectivity index (χ3v) is 10.0. The lowest BCUT2D eigenvalue weighted by atomic mass is 10.1. The first-order valence-electron chi connectivity index (χ1n) is 8.92. The van der Waals surface area contributed by atoms with Crippen LogP contribution in [-0.4, -0.2) is 49.3 Å². The van der Waals surface area contributed by atoms with E-state index in [-0.39, 0.29) is 23.6 Å². The molecule has 2 aliphatic rings. The molecular formula is C17H31N3O4Si. The molecule has 8 heteroatoms. The highest BCUT2D eigenvalue weighted by molar-refractivity contribution is 6.74. The lowest BCUT2D eigenvalue weighted by molar-refractivity contribution is -0.142. The summed E-state index contributed by atoms with van der Waals surface area (Å²) in [5.41, 5.74) is 4.94. The van der Waals surface area contributed by atoms with E-state index in [2.05, 4.69) is 20.8 Å². The van der Waals surface area contributed by atoms with Crippen molar-refractivity contribution in [3.63, 3.8) is 0 Å². The molecule has 0 bridgehead atoms. The SMILES string of the molecule is CCOC(=O)C(=N)N1C(=O)C(N)(O[Si](C)(C)C(C)(C)C)CC1C1CC1. The van der Waals surface area contributed by atoms with Gasteiger partial charge in [-0.15, -0.1) is 0 Å². The highest BCUT2D eigenvalue weighted by atomic mass is 28.4. The molecule has 1 aliphatic heterocycles. The zero-order valence-corrected chi connectivity index (χ0v) is 17.1. The molecule has 0 aromatic heterocycles. The molecule has 2 rings (SSSR count). The molecular weight excluding hydrogens is 338 g/mol. The summed E-state index contributed by atoms with van der Waals surface area (Å²) >= 11 is 0. The molecule has 2 unspecified atom stereocenters. The molecule has 2 fully saturated rings. The van der Waals surface area contributed by atoms with Crippen molar-refractivity contribution >= 4 is 26.0 Å². The molecule has 0 aromatic rings. The fourth-order valence-electron chi connectivity index (χ4n) is 2.96. The second-order valence-corrected chi connectivity index (χ2v) is 13.3. The number of nitrogens with two attached hydrogens (primary N) is 1. The summed E-state index contributed by atoms with van der Waals surface area (Å²) < 4.78 is 11.2. The van der Waals surface area contributed by atoms with Crippen LogP contribution < -0.4 is 5.73 Å². The van der Waals surface area contributed by atoms with Crippen LogP contribution in [0.15, 0.2) is 0 Å². The van der Waals surface area contributed by atoms with Crippen LogP contribution in [0, 0.1) is 11.3 Å². The third kappa shape index (κ3) is 3.80. The molecule has 1 heterocycles. The Morgan fingerprint density at radius 2 is 1.96 bits per heavy atom. The molecule has 1 saturated heterocycles. The maximum atomic E-state index is 13.1. The fourth-order valence-corrected chi connectivity index (χ4v) is 4.35. The lowest BCUT2D eigenvalue weighted by Gasteiger charge is -2.41. The maximum absolute atomic E-state index is 13.1. The molecule has 1 aliphatic carbocycles. The first-order valence-corrected chi connectivity index (χ1v) is 11.8. The number of nitrogens with zero attached hydrogens (tertiary/aromatic N) is 1. The second kappa shape index (κ2) is 6.48. The van der Waals surface area contributed by atoms with Gasteiger partial charge in [0.05, 0.1) is 6.61 Å². The Labute approximate surface area is 150 Å². The van der Waals surface area contributed by atoms with E-state index in [9.17, 15) is 9.59 Å². The van der Waals surface area contributed by atoms with Crippen LogP contribution in [0.3, 0.4) is 0 Å². The number of ether oxygens (including phenoxy) is 1. The molecule has 0 radical (unpaired) electrons. The average molecular weight is 370 g/mol. The van der Waals surface area contributed by atoms with E-state index < -0.39 is 31.8 Å².